The van der Waals surface area contributed by atoms with Gasteiger partial charge in [-0.3, -0.25) is 4.79 Å². The van der Waals surface area contributed by atoms with Crippen LogP contribution in [-0.2, 0) is 9.53 Å². The highest BCUT2D eigenvalue weighted by atomic mass is 19.1. The number of halogens is 1. The lowest BCUT2D eigenvalue weighted by atomic mass is 9.98. The first-order valence-electron chi connectivity index (χ1n) is 7.37. The van der Waals surface area contributed by atoms with E-state index in [0.29, 0.717) is 12.4 Å². The van der Waals surface area contributed by atoms with Crippen LogP contribution in [0.15, 0.2) is 24.3 Å². The number of esters is 1. The van der Waals surface area contributed by atoms with E-state index in [-0.39, 0.29) is 17.7 Å². The molecule has 1 aromatic carbocycles. The van der Waals surface area contributed by atoms with Crippen molar-refractivity contribution in [2.45, 2.75) is 19.3 Å². The van der Waals surface area contributed by atoms with Crippen LogP contribution in [0.25, 0.3) is 0 Å². The van der Waals surface area contributed by atoms with Crippen molar-refractivity contribution < 1.29 is 18.7 Å². The molecule has 1 aromatic rings. The van der Waals surface area contributed by atoms with E-state index in [1.165, 1.54) is 19.2 Å². The average Bonchev–Trinajstić information content (AvgIpc) is 2.53. The molecule has 1 fully saturated rings. The molecule has 0 amide bonds. The number of rotatable bonds is 6. The van der Waals surface area contributed by atoms with Crippen LogP contribution in [-0.4, -0.2) is 44.2 Å². The van der Waals surface area contributed by atoms with Crippen molar-refractivity contribution in [1.29, 1.82) is 0 Å². The van der Waals surface area contributed by atoms with Crippen LogP contribution in [0.3, 0.4) is 0 Å². The van der Waals surface area contributed by atoms with Crippen LogP contribution in [0.1, 0.15) is 19.3 Å². The Morgan fingerprint density at radius 2 is 2.14 bits per heavy atom. The van der Waals surface area contributed by atoms with Crippen LogP contribution >= 0.6 is 0 Å². The van der Waals surface area contributed by atoms with E-state index in [1.807, 2.05) is 0 Å². The van der Waals surface area contributed by atoms with Crippen molar-refractivity contribution in [2.75, 3.05) is 33.4 Å². The number of carbonyl (C=O) groups is 1. The Morgan fingerprint density at radius 1 is 1.38 bits per heavy atom. The Hall–Kier alpha value is -1.62. The molecule has 0 unspecified atom stereocenters. The minimum absolute atomic E-state index is 0.00164. The molecular formula is C16H22FNO3. The number of benzene rings is 1. The fourth-order valence-electron chi connectivity index (χ4n) is 2.63. The van der Waals surface area contributed by atoms with E-state index in [9.17, 15) is 9.18 Å². The van der Waals surface area contributed by atoms with Crippen LogP contribution < -0.4 is 4.74 Å². The summed E-state index contributed by atoms with van der Waals surface area (Å²) < 4.78 is 23.1. The van der Waals surface area contributed by atoms with Crippen LogP contribution in [0.5, 0.6) is 5.75 Å². The minimum Gasteiger partial charge on any atom is -0.494 e. The van der Waals surface area contributed by atoms with Gasteiger partial charge in [0.2, 0.25) is 0 Å². The van der Waals surface area contributed by atoms with Gasteiger partial charge in [0.15, 0.2) is 0 Å². The van der Waals surface area contributed by atoms with E-state index in [0.717, 1.165) is 38.9 Å². The number of ether oxygens (including phenoxy) is 2. The Balaban J connectivity index is 1.66. The molecule has 5 heteroatoms. The van der Waals surface area contributed by atoms with Gasteiger partial charge >= 0.3 is 5.97 Å². The molecule has 0 bridgehead atoms. The molecule has 0 aliphatic carbocycles. The van der Waals surface area contributed by atoms with Gasteiger partial charge in [0.05, 0.1) is 19.6 Å². The lowest BCUT2D eigenvalue weighted by Gasteiger charge is -2.31. The van der Waals surface area contributed by atoms with Crippen molar-refractivity contribution in [3.05, 3.63) is 30.1 Å². The maximum absolute atomic E-state index is 12.7. The molecule has 116 valence electrons. The van der Waals surface area contributed by atoms with Crippen LogP contribution in [0, 0.1) is 11.7 Å². The summed E-state index contributed by atoms with van der Waals surface area (Å²) in [6.07, 6.45) is 2.82. The number of methoxy groups -OCH3 is 1. The molecule has 0 saturated carbocycles. The van der Waals surface area contributed by atoms with E-state index >= 15 is 0 Å². The normalized spacial score (nSPS) is 19.2. The summed E-state index contributed by atoms with van der Waals surface area (Å²) in [5.41, 5.74) is 0. The largest absolute Gasteiger partial charge is 0.494 e. The van der Waals surface area contributed by atoms with Gasteiger partial charge in [0.1, 0.15) is 11.6 Å². The molecule has 1 aliphatic rings. The van der Waals surface area contributed by atoms with Gasteiger partial charge in [-0.15, -0.1) is 0 Å². The fourth-order valence-corrected chi connectivity index (χ4v) is 2.63. The SMILES string of the molecule is COC(=O)[C@H]1CCCN(CCCOc2ccc(F)cc2)C1. The first-order chi connectivity index (χ1) is 10.2. The molecule has 2 rings (SSSR count). The Labute approximate surface area is 124 Å². The number of hydrogen-bond acceptors (Lipinski definition) is 4. The molecule has 21 heavy (non-hydrogen) atoms. The molecule has 0 spiro atoms. The van der Waals surface area contributed by atoms with Crippen molar-refractivity contribution in [3.8, 4) is 5.75 Å². The number of carbonyl (C=O) groups excluding carboxylic acids is 1. The minimum atomic E-state index is -0.260. The van der Waals surface area contributed by atoms with Crippen molar-refractivity contribution in [3.63, 3.8) is 0 Å². The highest BCUT2D eigenvalue weighted by molar-refractivity contribution is 5.72. The first kappa shape index (κ1) is 15.8. The third kappa shape index (κ3) is 5.01. The maximum Gasteiger partial charge on any atom is 0.309 e. The van der Waals surface area contributed by atoms with E-state index < -0.39 is 0 Å². The molecule has 1 saturated heterocycles. The number of nitrogens with zero attached hydrogens (tertiary/aromatic N) is 1. The average molecular weight is 295 g/mol. The van der Waals surface area contributed by atoms with Gasteiger partial charge in [-0.25, -0.2) is 4.39 Å². The van der Waals surface area contributed by atoms with Gasteiger partial charge < -0.3 is 14.4 Å². The second-order valence-electron chi connectivity index (χ2n) is 5.32. The third-order valence-corrected chi connectivity index (χ3v) is 3.74. The molecule has 1 atom stereocenters. The van der Waals surface area contributed by atoms with E-state index in [4.69, 9.17) is 9.47 Å². The summed E-state index contributed by atoms with van der Waals surface area (Å²) >= 11 is 0. The summed E-state index contributed by atoms with van der Waals surface area (Å²) in [6, 6.07) is 6.04. The smallest absolute Gasteiger partial charge is 0.309 e. The standard InChI is InChI=1S/C16H22FNO3/c1-20-16(19)13-4-2-9-18(12-13)10-3-11-21-15-7-5-14(17)6-8-15/h5-8,13H,2-4,9-12H2,1H3/t13-/m0/s1. The summed E-state index contributed by atoms with van der Waals surface area (Å²) in [4.78, 5) is 13.8. The summed E-state index contributed by atoms with van der Waals surface area (Å²) in [6.45, 7) is 3.27. The van der Waals surface area contributed by atoms with Gasteiger partial charge in [-0.2, -0.15) is 0 Å². The van der Waals surface area contributed by atoms with E-state index in [2.05, 4.69) is 4.90 Å². The van der Waals surface area contributed by atoms with Crippen LogP contribution in [0.4, 0.5) is 4.39 Å². The zero-order valence-electron chi connectivity index (χ0n) is 12.4. The summed E-state index contributed by atoms with van der Waals surface area (Å²) in [5.74, 6) is 0.316. The highest BCUT2D eigenvalue weighted by Crippen LogP contribution is 2.18. The molecule has 1 heterocycles. The first-order valence-corrected chi connectivity index (χ1v) is 7.37. The molecule has 0 radical (unpaired) electrons. The molecule has 0 aromatic heterocycles. The van der Waals surface area contributed by atoms with Gasteiger partial charge in [0.25, 0.3) is 0 Å². The van der Waals surface area contributed by atoms with E-state index in [1.54, 1.807) is 12.1 Å². The Bertz CT molecular complexity index is 449. The van der Waals surface area contributed by atoms with Crippen molar-refractivity contribution in [2.24, 2.45) is 5.92 Å². The van der Waals surface area contributed by atoms with Crippen molar-refractivity contribution in [1.82, 2.24) is 4.90 Å². The monoisotopic (exact) mass is 295 g/mol. The molecule has 4 nitrogen and oxygen atoms in total. The Morgan fingerprint density at radius 3 is 2.86 bits per heavy atom. The second-order valence-corrected chi connectivity index (χ2v) is 5.32. The summed E-state index contributed by atoms with van der Waals surface area (Å²) in [5, 5.41) is 0. The predicted molar refractivity (Wildman–Crippen MR) is 77.7 cm³/mol. The predicted octanol–water partition coefficient (Wildman–Crippen LogP) is 2.48. The van der Waals surface area contributed by atoms with Gasteiger partial charge in [0, 0.05) is 13.1 Å². The van der Waals surface area contributed by atoms with Gasteiger partial charge in [-0.05, 0) is 50.1 Å². The highest BCUT2D eigenvalue weighted by Gasteiger charge is 2.25. The Kier molecular flexibility index (Phi) is 5.99. The lowest BCUT2D eigenvalue weighted by molar-refractivity contribution is -0.147. The molecule has 0 N–H and O–H groups in total. The lowest BCUT2D eigenvalue weighted by Crippen LogP contribution is -2.39. The maximum atomic E-state index is 12.7. The summed E-state index contributed by atoms with van der Waals surface area (Å²) in [7, 11) is 1.44. The van der Waals surface area contributed by atoms with Crippen LogP contribution in [0.2, 0.25) is 0 Å². The molecule has 1 aliphatic heterocycles. The quantitative estimate of drug-likeness (QED) is 0.597. The number of piperidine rings is 1. The third-order valence-electron chi connectivity index (χ3n) is 3.74. The van der Waals surface area contributed by atoms with Gasteiger partial charge in [-0.1, -0.05) is 0 Å². The number of likely N-dealkylation sites (tertiary alicyclic amines) is 1. The number of hydrogen-bond donors (Lipinski definition) is 0. The zero-order valence-corrected chi connectivity index (χ0v) is 12.4. The fraction of sp³-hybridized carbons (Fsp3) is 0.562. The molecular weight excluding hydrogens is 273 g/mol. The zero-order chi connectivity index (χ0) is 15.1. The van der Waals surface area contributed by atoms with Crippen molar-refractivity contribution >= 4 is 5.97 Å². The second kappa shape index (κ2) is 7.98. The topological polar surface area (TPSA) is 38.8 Å².